The predicted molar refractivity (Wildman–Crippen MR) is 63.2 cm³/mol. The number of carbonyl (C=O) groups is 1. The van der Waals surface area contributed by atoms with E-state index in [0.29, 0.717) is 5.92 Å². The molecule has 2 fully saturated rings. The lowest BCUT2D eigenvalue weighted by atomic mass is 10.1. The molecule has 0 radical (unpaired) electrons. The number of carbonyl (C=O) groups excluding carboxylic acids is 1. The standard InChI is InChI=1S/C13H14F2N2O/c14-9-2-4-11(15)12(6-9)16-13(18)17-7-8-1-3-10(17)5-8/h2,4,6,8,10H,1,3,5,7H2,(H,16,18)/t8-,10-/m0/s1. The van der Waals surface area contributed by atoms with Crippen molar-refractivity contribution in [1.29, 1.82) is 0 Å². The molecule has 96 valence electrons. The Morgan fingerprint density at radius 3 is 2.83 bits per heavy atom. The molecule has 5 heteroatoms. The minimum atomic E-state index is -0.617. The topological polar surface area (TPSA) is 32.3 Å². The largest absolute Gasteiger partial charge is 0.322 e. The zero-order valence-electron chi connectivity index (χ0n) is 9.83. The van der Waals surface area contributed by atoms with Gasteiger partial charge in [-0.1, -0.05) is 0 Å². The number of piperidine rings is 1. The summed E-state index contributed by atoms with van der Waals surface area (Å²) >= 11 is 0. The Balaban J connectivity index is 1.72. The van der Waals surface area contributed by atoms with Crippen LogP contribution in [0, 0.1) is 17.6 Å². The van der Waals surface area contributed by atoms with Crippen molar-refractivity contribution in [1.82, 2.24) is 4.90 Å². The number of likely N-dealkylation sites (tertiary alicyclic amines) is 1. The minimum Gasteiger partial charge on any atom is -0.321 e. The molecule has 1 aromatic rings. The van der Waals surface area contributed by atoms with Crippen LogP contribution in [0.25, 0.3) is 0 Å². The van der Waals surface area contributed by atoms with Crippen molar-refractivity contribution < 1.29 is 13.6 Å². The van der Waals surface area contributed by atoms with Crippen LogP contribution in [0.15, 0.2) is 18.2 Å². The molecule has 2 amide bonds. The van der Waals surface area contributed by atoms with E-state index in [1.54, 1.807) is 4.90 Å². The zero-order valence-corrected chi connectivity index (χ0v) is 9.83. The molecule has 3 nitrogen and oxygen atoms in total. The van der Waals surface area contributed by atoms with Gasteiger partial charge in [-0.25, -0.2) is 13.6 Å². The van der Waals surface area contributed by atoms with Crippen molar-refractivity contribution in [3.63, 3.8) is 0 Å². The van der Waals surface area contributed by atoms with Crippen molar-refractivity contribution in [2.24, 2.45) is 5.92 Å². The Bertz CT molecular complexity index is 492. The number of benzene rings is 1. The van der Waals surface area contributed by atoms with Gasteiger partial charge in [-0.2, -0.15) is 0 Å². The first kappa shape index (κ1) is 11.4. The summed E-state index contributed by atoms with van der Waals surface area (Å²) in [5.41, 5.74) is -0.0947. The number of amides is 2. The Kier molecular flexibility index (Phi) is 2.69. The molecule has 1 heterocycles. The quantitative estimate of drug-likeness (QED) is 0.818. The maximum atomic E-state index is 13.4. The second-order valence-electron chi connectivity index (χ2n) is 5.04. The molecule has 2 bridgehead atoms. The molecule has 1 aliphatic carbocycles. The normalized spacial score (nSPS) is 25.6. The third kappa shape index (κ3) is 1.94. The van der Waals surface area contributed by atoms with Gasteiger partial charge in [0, 0.05) is 18.7 Å². The molecule has 18 heavy (non-hydrogen) atoms. The highest BCUT2D eigenvalue weighted by atomic mass is 19.1. The van der Waals surface area contributed by atoms with E-state index in [1.165, 1.54) is 6.42 Å². The van der Waals surface area contributed by atoms with Gasteiger partial charge in [0.05, 0.1) is 5.69 Å². The molecule has 3 rings (SSSR count). The molecular weight excluding hydrogens is 238 g/mol. The molecule has 0 aromatic heterocycles. The van der Waals surface area contributed by atoms with Crippen molar-refractivity contribution >= 4 is 11.7 Å². The van der Waals surface area contributed by atoms with Crippen LogP contribution in [-0.4, -0.2) is 23.5 Å². The van der Waals surface area contributed by atoms with Crippen molar-refractivity contribution in [3.05, 3.63) is 29.8 Å². The van der Waals surface area contributed by atoms with Crippen LogP contribution < -0.4 is 5.32 Å². The fraction of sp³-hybridized carbons (Fsp3) is 0.462. The first-order valence-electron chi connectivity index (χ1n) is 6.16. The smallest absolute Gasteiger partial charge is 0.321 e. The van der Waals surface area contributed by atoms with E-state index in [1.807, 2.05) is 0 Å². The second-order valence-corrected chi connectivity index (χ2v) is 5.04. The number of fused-ring (bicyclic) bond motifs is 2. The molecule has 1 aromatic carbocycles. The number of halogens is 2. The van der Waals surface area contributed by atoms with E-state index in [4.69, 9.17) is 0 Å². The minimum absolute atomic E-state index is 0.0947. The SMILES string of the molecule is O=C(Nc1cc(F)ccc1F)N1C[C@H]2CC[C@H]1C2. The maximum Gasteiger partial charge on any atom is 0.322 e. The lowest BCUT2D eigenvalue weighted by molar-refractivity contribution is 0.194. The monoisotopic (exact) mass is 252 g/mol. The lowest BCUT2D eigenvalue weighted by Crippen LogP contribution is -2.40. The molecule has 1 saturated heterocycles. The van der Waals surface area contributed by atoms with E-state index < -0.39 is 11.6 Å². The van der Waals surface area contributed by atoms with Gasteiger partial charge >= 0.3 is 6.03 Å². The van der Waals surface area contributed by atoms with Crippen LogP contribution in [0.4, 0.5) is 19.3 Å². The summed E-state index contributed by atoms with van der Waals surface area (Å²) < 4.78 is 26.4. The lowest BCUT2D eigenvalue weighted by Gasteiger charge is -2.27. The number of rotatable bonds is 1. The van der Waals surface area contributed by atoms with Gasteiger partial charge in [-0.15, -0.1) is 0 Å². The van der Waals surface area contributed by atoms with Crippen LogP contribution in [0.2, 0.25) is 0 Å². The summed E-state index contributed by atoms with van der Waals surface area (Å²) in [7, 11) is 0. The summed E-state index contributed by atoms with van der Waals surface area (Å²) in [4.78, 5) is 13.7. The maximum absolute atomic E-state index is 13.4. The Morgan fingerprint density at radius 1 is 1.33 bits per heavy atom. The summed E-state index contributed by atoms with van der Waals surface area (Å²) in [5.74, 6) is -0.596. The molecule has 0 spiro atoms. The van der Waals surface area contributed by atoms with Crippen LogP contribution in [0.1, 0.15) is 19.3 Å². The molecule has 1 saturated carbocycles. The highest BCUT2D eigenvalue weighted by molar-refractivity contribution is 5.90. The Hall–Kier alpha value is -1.65. The average molecular weight is 252 g/mol. The number of urea groups is 1. The van der Waals surface area contributed by atoms with E-state index >= 15 is 0 Å². The Labute approximate surface area is 104 Å². The number of nitrogens with zero attached hydrogens (tertiary/aromatic N) is 1. The molecular formula is C13H14F2N2O. The van der Waals surface area contributed by atoms with E-state index in [0.717, 1.165) is 37.6 Å². The van der Waals surface area contributed by atoms with Crippen LogP contribution in [0.5, 0.6) is 0 Å². The molecule has 0 unspecified atom stereocenters. The molecule has 1 aliphatic heterocycles. The first-order chi connectivity index (χ1) is 8.63. The van der Waals surface area contributed by atoms with Gasteiger partial charge in [0.2, 0.25) is 0 Å². The van der Waals surface area contributed by atoms with Crippen molar-refractivity contribution in [2.75, 3.05) is 11.9 Å². The summed E-state index contributed by atoms with van der Waals surface area (Å²) in [6.45, 7) is 0.730. The summed E-state index contributed by atoms with van der Waals surface area (Å²) in [5, 5.41) is 2.45. The summed E-state index contributed by atoms with van der Waals surface area (Å²) in [6.07, 6.45) is 3.23. The van der Waals surface area contributed by atoms with E-state index in [9.17, 15) is 13.6 Å². The molecule has 1 N–H and O–H groups in total. The molecule has 2 atom stereocenters. The second kappa shape index (κ2) is 4.23. The van der Waals surface area contributed by atoms with Gasteiger partial charge in [-0.05, 0) is 37.3 Å². The van der Waals surface area contributed by atoms with E-state index in [2.05, 4.69) is 5.32 Å². The fourth-order valence-electron chi connectivity index (χ4n) is 2.95. The number of nitrogens with one attached hydrogen (secondary N) is 1. The average Bonchev–Trinajstić information content (AvgIpc) is 2.96. The zero-order chi connectivity index (χ0) is 12.7. The van der Waals surface area contributed by atoms with Crippen LogP contribution >= 0.6 is 0 Å². The number of hydrogen-bond donors (Lipinski definition) is 1. The number of hydrogen-bond acceptors (Lipinski definition) is 1. The highest BCUT2D eigenvalue weighted by Gasteiger charge is 2.40. The van der Waals surface area contributed by atoms with Gasteiger partial charge in [0.1, 0.15) is 11.6 Å². The van der Waals surface area contributed by atoms with Crippen molar-refractivity contribution in [3.8, 4) is 0 Å². The van der Waals surface area contributed by atoms with Crippen LogP contribution in [0.3, 0.4) is 0 Å². The van der Waals surface area contributed by atoms with Crippen LogP contribution in [-0.2, 0) is 0 Å². The highest BCUT2D eigenvalue weighted by Crippen LogP contribution is 2.37. The third-order valence-corrected chi connectivity index (χ3v) is 3.84. The Morgan fingerprint density at radius 2 is 2.17 bits per heavy atom. The first-order valence-corrected chi connectivity index (χ1v) is 6.16. The third-order valence-electron chi connectivity index (χ3n) is 3.84. The van der Waals surface area contributed by atoms with Gasteiger partial charge in [-0.3, -0.25) is 0 Å². The van der Waals surface area contributed by atoms with Gasteiger partial charge < -0.3 is 10.2 Å². The predicted octanol–water partition coefficient (Wildman–Crippen LogP) is 2.98. The number of anilines is 1. The summed E-state index contributed by atoms with van der Waals surface area (Å²) in [6, 6.07) is 2.99. The molecule has 2 aliphatic rings. The van der Waals surface area contributed by atoms with E-state index in [-0.39, 0.29) is 17.8 Å². The van der Waals surface area contributed by atoms with Gasteiger partial charge in [0.25, 0.3) is 0 Å². The van der Waals surface area contributed by atoms with Gasteiger partial charge in [0.15, 0.2) is 0 Å². The fourth-order valence-corrected chi connectivity index (χ4v) is 2.95. The van der Waals surface area contributed by atoms with Crippen molar-refractivity contribution in [2.45, 2.75) is 25.3 Å².